The summed E-state index contributed by atoms with van der Waals surface area (Å²) in [5.74, 6) is 1.02. The molecule has 0 radical (unpaired) electrons. The lowest BCUT2D eigenvalue weighted by molar-refractivity contribution is -0.138. The zero-order chi connectivity index (χ0) is 15.5. The third kappa shape index (κ3) is 4.45. The normalized spacial score (nSPS) is 22.5. The van der Waals surface area contributed by atoms with E-state index in [2.05, 4.69) is 32.0 Å². The number of hydrogen-bond donors (Lipinski definition) is 0. The second kappa shape index (κ2) is 6.46. The van der Waals surface area contributed by atoms with Crippen molar-refractivity contribution in [3.05, 3.63) is 29.2 Å². The Morgan fingerprint density at radius 3 is 2.90 bits per heavy atom. The van der Waals surface area contributed by atoms with E-state index in [1.54, 1.807) is 0 Å². The van der Waals surface area contributed by atoms with E-state index in [4.69, 9.17) is 4.52 Å². The largest absolute Gasteiger partial charge is 0.361 e. The Balaban J connectivity index is 1.97. The maximum atomic E-state index is 12.1. The molecule has 1 saturated heterocycles. The van der Waals surface area contributed by atoms with Gasteiger partial charge in [-0.1, -0.05) is 23.7 Å². The van der Waals surface area contributed by atoms with Crippen LogP contribution in [0.25, 0.3) is 0 Å². The highest BCUT2D eigenvalue weighted by Gasteiger charge is 2.34. The van der Waals surface area contributed by atoms with Crippen LogP contribution in [0.1, 0.15) is 57.9 Å². The molecule has 116 valence electrons. The summed E-state index contributed by atoms with van der Waals surface area (Å²) in [6.45, 7) is 9.80. The van der Waals surface area contributed by atoms with Crippen LogP contribution in [0.5, 0.6) is 0 Å². The summed E-state index contributed by atoms with van der Waals surface area (Å²) in [5, 5.41) is 4.00. The summed E-state index contributed by atoms with van der Waals surface area (Å²) in [6, 6.07) is 1.91. The average Bonchev–Trinajstić information content (AvgIpc) is 2.79. The maximum Gasteiger partial charge on any atom is 0.222 e. The third-order valence-corrected chi connectivity index (χ3v) is 4.20. The van der Waals surface area contributed by atoms with E-state index < -0.39 is 0 Å². The molecule has 0 aliphatic carbocycles. The molecule has 4 nitrogen and oxygen atoms in total. The second-order valence-electron chi connectivity index (χ2n) is 6.81. The quantitative estimate of drug-likeness (QED) is 0.774. The first kappa shape index (κ1) is 15.8. The fraction of sp³-hybridized carbons (Fsp3) is 0.647. The zero-order valence-electron chi connectivity index (χ0n) is 13.6. The van der Waals surface area contributed by atoms with Crippen molar-refractivity contribution in [1.29, 1.82) is 0 Å². The molecule has 21 heavy (non-hydrogen) atoms. The summed E-state index contributed by atoms with van der Waals surface area (Å²) in [6.07, 6.45) is 6.12. The lowest BCUT2D eigenvalue weighted by Crippen LogP contribution is -2.44. The lowest BCUT2D eigenvalue weighted by Gasteiger charge is -2.40. The first-order chi connectivity index (χ1) is 9.88. The van der Waals surface area contributed by atoms with Crippen molar-refractivity contribution in [3.63, 3.8) is 0 Å². The fourth-order valence-corrected chi connectivity index (χ4v) is 2.94. The summed E-state index contributed by atoms with van der Waals surface area (Å²) >= 11 is 0. The Morgan fingerprint density at radius 1 is 1.52 bits per heavy atom. The number of amides is 1. The van der Waals surface area contributed by atoms with Crippen molar-refractivity contribution in [2.45, 2.75) is 59.9 Å². The van der Waals surface area contributed by atoms with Gasteiger partial charge in [-0.25, -0.2) is 0 Å². The number of aromatic nitrogens is 1. The van der Waals surface area contributed by atoms with E-state index in [-0.39, 0.29) is 11.3 Å². The van der Waals surface area contributed by atoms with Crippen molar-refractivity contribution >= 4 is 5.91 Å². The van der Waals surface area contributed by atoms with Crippen molar-refractivity contribution < 1.29 is 9.32 Å². The number of allylic oxidation sites excluding steroid dienone is 2. The number of piperidine rings is 1. The Labute approximate surface area is 127 Å². The van der Waals surface area contributed by atoms with Gasteiger partial charge in [0.25, 0.3) is 0 Å². The molecule has 0 saturated carbocycles. The number of nitrogens with zero attached hydrogens (tertiary/aromatic N) is 2. The lowest BCUT2D eigenvalue weighted by atomic mass is 9.77. The molecule has 1 aromatic heterocycles. The molecule has 1 aromatic rings. The molecule has 0 spiro atoms. The van der Waals surface area contributed by atoms with Gasteiger partial charge in [0.15, 0.2) is 0 Å². The molecule has 4 heteroatoms. The Bertz CT molecular complexity index is 529. The van der Waals surface area contributed by atoms with E-state index in [0.717, 1.165) is 37.3 Å². The Hall–Kier alpha value is -1.58. The predicted molar refractivity (Wildman–Crippen MR) is 82.7 cm³/mol. The van der Waals surface area contributed by atoms with Gasteiger partial charge in [0, 0.05) is 19.0 Å². The molecule has 1 aliphatic heterocycles. The minimum absolute atomic E-state index is 0.207. The van der Waals surface area contributed by atoms with Gasteiger partial charge in [-0.05, 0) is 45.4 Å². The van der Waals surface area contributed by atoms with E-state index in [9.17, 15) is 4.79 Å². The van der Waals surface area contributed by atoms with Crippen molar-refractivity contribution in [2.24, 2.45) is 5.41 Å². The van der Waals surface area contributed by atoms with Gasteiger partial charge in [0.2, 0.25) is 5.91 Å². The predicted octanol–water partition coefficient (Wildman–Crippen LogP) is 3.86. The van der Waals surface area contributed by atoms with Crippen LogP contribution < -0.4 is 0 Å². The molecule has 2 heterocycles. The van der Waals surface area contributed by atoms with Crippen LogP contribution in [0, 0.1) is 12.3 Å². The van der Waals surface area contributed by atoms with Gasteiger partial charge in [0.1, 0.15) is 11.5 Å². The highest BCUT2D eigenvalue weighted by Crippen LogP contribution is 2.35. The van der Waals surface area contributed by atoms with Crippen LogP contribution in [0.2, 0.25) is 0 Å². The molecule has 1 aliphatic rings. The van der Waals surface area contributed by atoms with Crippen LogP contribution in [0.3, 0.4) is 0 Å². The molecular weight excluding hydrogens is 264 g/mol. The standard InChI is InChI=1S/C17H26N2O2/c1-13(2)6-5-8-17(4)9-7-16(20)19(12-17)11-15-10-14(3)21-18-15/h6,10H,5,7-9,11-12H2,1-4H3/t17-/m0/s1. The van der Waals surface area contributed by atoms with Crippen LogP contribution >= 0.6 is 0 Å². The van der Waals surface area contributed by atoms with Crippen molar-refractivity contribution in [1.82, 2.24) is 10.1 Å². The number of carbonyl (C=O) groups excluding carboxylic acids is 1. The first-order valence-electron chi connectivity index (χ1n) is 7.71. The maximum absolute atomic E-state index is 12.1. The average molecular weight is 290 g/mol. The highest BCUT2D eigenvalue weighted by molar-refractivity contribution is 5.77. The second-order valence-corrected chi connectivity index (χ2v) is 6.81. The molecule has 1 fully saturated rings. The minimum Gasteiger partial charge on any atom is -0.361 e. The van der Waals surface area contributed by atoms with Gasteiger partial charge >= 0.3 is 0 Å². The van der Waals surface area contributed by atoms with Gasteiger partial charge in [0.05, 0.1) is 6.54 Å². The Morgan fingerprint density at radius 2 is 2.29 bits per heavy atom. The van der Waals surface area contributed by atoms with Crippen molar-refractivity contribution in [3.8, 4) is 0 Å². The minimum atomic E-state index is 0.207. The van der Waals surface area contributed by atoms with Gasteiger partial charge in [-0.3, -0.25) is 4.79 Å². The monoisotopic (exact) mass is 290 g/mol. The van der Waals surface area contributed by atoms with E-state index in [0.29, 0.717) is 13.0 Å². The molecule has 2 rings (SSSR count). The molecule has 0 N–H and O–H groups in total. The molecular formula is C17H26N2O2. The number of rotatable bonds is 5. The van der Waals surface area contributed by atoms with Crippen LogP contribution in [-0.4, -0.2) is 22.5 Å². The van der Waals surface area contributed by atoms with Gasteiger partial charge in [-0.2, -0.15) is 0 Å². The van der Waals surface area contributed by atoms with E-state index in [1.165, 1.54) is 5.57 Å². The third-order valence-electron chi connectivity index (χ3n) is 4.20. The summed E-state index contributed by atoms with van der Waals surface area (Å²) < 4.78 is 5.09. The molecule has 1 amide bonds. The number of hydrogen-bond acceptors (Lipinski definition) is 3. The summed E-state index contributed by atoms with van der Waals surface area (Å²) in [5.41, 5.74) is 2.41. The molecule has 0 unspecified atom stereocenters. The molecule has 0 bridgehead atoms. The fourth-order valence-electron chi connectivity index (χ4n) is 2.94. The van der Waals surface area contributed by atoms with E-state index >= 15 is 0 Å². The van der Waals surface area contributed by atoms with Crippen molar-refractivity contribution in [2.75, 3.05) is 6.54 Å². The Kier molecular flexibility index (Phi) is 4.86. The van der Waals surface area contributed by atoms with Crippen LogP contribution in [-0.2, 0) is 11.3 Å². The number of aryl methyl sites for hydroxylation is 1. The smallest absolute Gasteiger partial charge is 0.222 e. The van der Waals surface area contributed by atoms with Gasteiger partial charge < -0.3 is 9.42 Å². The molecule has 1 atom stereocenters. The summed E-state index contributed by atoms with van der Waals surface area (Å²) in [4.78, 5) is 14.1. The topological polar surface area (TPSA) is 46.3 Å². The SMILES string of the molecule is CC(C)=CCC[C@@]1(C)CCC(=O)N(Cc2cc(C)on2)C1. The van der Waals surface area contributed by atoms with E-state index in [1.807, 2.05) is 17.9 Å². The van der Waals surface area contributed by atoms with Crippen LogP contribution in [0.4, 0.5) is 0 Å². The number of likely N-dealkylation sites (tertiary alicyclic amines) is 1. The number of carbonyl (C=O) groups is 1. The molecule has 0 aromatic carbocycles. The summed E-state index contributed by atoms with van der Waals surface area (Å²) in [7, 11) is 0. The first-order valence-corrected chi connectivity index (χ1v) is 7.71. The van der Waals surface area contributed by atoms with Crippen LogP contribution in [0.15, 0.2) is 22.2 Å². The highest BCUT2D eigenvalue weighted by atomic mass is 16.5. The zero-order valence-corrected chi connectivity index (χ0v) is 13.6. The van der Waals surface area contributed by atoms with Gasteiger partial charge in [-0.15, -0.1) is 0 Å².